The number of hydrogen-bond donors (Lipinski definition) is 0. The third-order valence-electron chi connectivity index (χ3n) is 2.58. The highest BCUT2D eigenvalue weighted by molar-refractivity contribution is 14.1. The average Bonchev–Trinajstić information content (AvgIpc) is 2.56. The first-order chi connectivity index (χ1) is 7.77. The maximum Gasteiger partial charge on any atom is 0.253 e. The van der Waals surface area contributed by atoms with Crippen molar-refractivity contribution in [3.05, 3.63) is 33.4 Å². The summed E-state index contributed by atoms with van der Waals surface area (Å²) in [6, 6.07) is 7.71. The van der Waals surface area contributed by atoms with Crippen LogP contribution in [0.5, 0.6) is 0 Å². The van der Waals surface area contributed by atoms with Crippen LogP contribution in [0.15, 0.2) is 24.3 Å². The van der Waals surface area contributed by atoms with Crippen molar-refractivity contribution in [1.82, 2.24) is 4.90 Å². The SMILES string of the molecule is O=C(c1cccc(I)c1)N1CCCOCC1. The zero-order valence-corrected chi connectivity index (χ0v) is 11.1. The molecule has 0 spiro atoms. The molecule has 1 aromatic rings. The Bertz CT molecular complexity index is 373. The van der Waals surface area contributed by atoms with E-state index in [0.29, 0.717) is 13.2 Å². The summed E-state index contributed by atoms with van der Waals surface area (Å²) in [7, 11) is 0. The first-order valence-corrected chi connectivity index (χ1v) is 6.48. The quantitative estimate of drug-likeness (QED) is 0.738. The summed E-state index contributed by atoms with van der Waals surface area (Å²) in [5.41, 5.74) is 0.772. The Morgan fingerprint density at radius 1 is 1.31 bits per heavy atom. The summed E-state index contributed by atoms with van der Waals surface area (Å²) in [5.74, 6) is 0.115. The van der Waals surface area contributed by atoms with Gasteiger partial charge in [0.1, 0.15) is 0 Å². The number of rotatable bonds is 1. The molecule has 0 radical (unpaired) electrons. The summed E-state index contributed by atoms with van der Waals surface area (Å²) in [6.07, 6.45) is 0.926. The van der Waals surface area contributed by atoms with Gasteiger partial charge in [-0.05, 0) is 47.2 Å². The molecule has 0 aromatic heterocycles. The van der Waals surface area contributed by atoms with Crippen molar-refractivity contribution >= 4 is 28.5 Å². The van der Waals surface area contributed by atoms with Crippen LogP contribution in [-0.2, 0) is 4.74 Å². The van der Waals surface area contributed by atoms with Crippen LogP contribution in [0.4, 0.5) is 0 Å². The summed E-state index contributed by atoms with van der Waals surface area (Å²) >= 11 is 2.22. The lowest BCUT2D eigenvalue weighted by molar-refractivity contribution is 0.0741. The molecule has 86 valence electrons. The van der Waals surface area contributed by atoms with Gasteiger partial charge in [-0.25, -0.2) is 0 Å². The molecule has 0 aliphatic carbocycles. The predicted molar refractivity (Wildman–Crippen MR) is 70.5 cm³/mol. The van der Waals surface area contributed by atoms with Gasteiger partial charge in [0.25, 0.3) is 5.91 Å². The van der Waals surface area contributed by atoms with Crippen LogP contribution in [0.25, 0.3) is 0 Å². The van der Waals surface area contributed by atoms with Gasteiger partial charge in [0.2, 0.25) is 0 Å². The smallest absolute Gasteiger partial charge is 0.253 e. The van der Waals surface area contributed by atoms with Crippen molar-refractivity contribution in [3.63, 3.8) is 0 Å². The molecule has 1 amide bonds. The Morgan fingerprint density at radius 2 is 2.19 bits per heavy atom. The topological polar surface area (TPSA) is 29.5 Å². The number of halogens is 1. The van der Waals surface area contributed by atoms with Crippen LogP contribution in [0.3, 0.4) is 0 Å². The van der Waals surface area contributed by atoms with Gasteiger partial charge in [0.15, 0.2) is 0 Å². The Morgan fingerprint density at radius 3 is 3.00 bits per heavy atom. The molecule has 1 aliphatic heterocycles. The predicted octanol–water partition coefficient (Wildman–Crippen LogP) is 2.15. The van der Waals surface area contributed by atoms with Crippen LogP contribution in [0.1, 0.15) is 16.8 Å². The maximum atomic E-state index is 12.2. The van der Waals surface area contributed by atoms with Gasteiger partial charge < -0.3 is 9.64 Å². The van der Waals surface area contributed by atoms with Crippen LogP contribution in [0, 0.1) is 3.57 Å². The fourth-order valence-electron chi connectivity index (χ4n) is 1.75. The Kier molecular flexibility index (Phi) is 4.17. The van der Waals surface area contributed by atoms with E-state index in [0.717, 1.165) is 28.7 Å². The fraction of sp³-hybridized carbons (Fsp3) is 0.417. The van der Waals surface area contributed by atoms with Crippen molar-refractivity contribution in [2.24, 2.45) is 0 Å². The summed E-state index contributed by atoms with van der Waals surface area (Å²) in [5, 5.41) is 0. The number of ether oxygens (including phenoxy) is 1. The van der Waals surface area contributed by atoms with Crippen LogP contribution in [-0.4, -0.2) is 37.1 Å². The molecule has 1 saturated heterocycles. The summed E-state index contributed by atoms with van der Waals surface area (Å²) < 4.78 is 6.43. The van der Waals surface area contributed by atoms with E-state index >= 15 is 0 Å². The second-order valence-corrected chi connectivity index (χ2v) is 5.01. The third kappa shape index (κ3) is 2.95. The van der Waals surface area contributed by atoms with E-state index in [9.17, 15) is 4.79 Å². The molecule has 0 atom stereocenters. The highest BCUT2D eigenvalue weighted by atomic mass is 127. The standard InChI is InChI=1S/C12H14INO2/c13-11-4-1-3-10(9-11)12(15)14-5-2-7-16-8-6-14/h1,3-4,9H,2,5-8H2. The third-order valence-corrected chi connectivity index (χ3v) is 3.25. The maximum absolute atomic E-state index is 12.2. The number of hydrogen-bond acceptors (Lipinski definition) is 2. The summed E-state index contributed by atoms with van der Waals surface area (Å²) in [6.45, 7) is 2.90. The lowest BCUT2D eigenvalue weighted by Gasteiger charge is -2.19. The molecule has 0 unspecified atom stereocenters. The number of carbonyl (C=O) groups is 1. The number of carbonyl (C=O) groups excluding carboxylic acids is 1. The van der Waals surface area contributed by atoms with Crippen molar-refractivity contribution in [2.45, 2.75) is 6.42 Å². The van der Waals surface area contributed by atoms with Gasteiger partial charge in [-0.15, -0.1) is 0 Å². The van der Waals surface area contributed by atoms with E-state index in [1.54, 1.807) is 0 Å². The zero-order chi connectivity index (χ0) is 11.4. The largest absolute Gasteiger partial charge is 0.380 e. The molecular formula is C12H14INO2. The molecule has 1 aromatic carbocycles. The zero-order valence-electron chi connectivity index (χ0n) is 8.99. The molecular weight excluding hydrogens is 317 g/mol. The van der Waals surface area contributed by atoms with Gasteiger partial charge >= 0.3 is 0 Å². The second kappa shape index (κ2) is 5.63. The molecule has 0 bridgehead atoms. The van der Waals surface area contributed by atoms with E-state index in [1.807, 2.05) is 29.2 Å². The molecule has 1 fully saturated rings. The fourth-order valence-corrected chi connectivity index (χ4v) is 2.30. The normalized spacial score (nSPS) is 16.9. The number of amides is 1. The van der Waals surface area contributed by atoms with Crippen LogP contribution in [0.2, 0.25) is 0 Å². The van der Waals surface area contributed by atoms with Crippen LogP contribution >= 0.6 is 22.6 Å². The van der Waals surface area contributed by atoms with Gasteiger partial charge in [-0.1, -0.05) is 6.07 Å². The second-order valence-electron chi connectivity index (χ2n) is 3.77. The highest BCUT2D eigenvalue weighted by Crippen LogP contribution is 2.11. The molecule has 16 heavy (non-hydrogen) atoms. The van der Waals surface area contributed by atoms with Crippen molar-refractivity contribution in [1.29, 1.82) is 0 Å². The van der Waals surface area contributed by atoms with Crippen molar-refractivity contribution in [2.75, 3.05) is 26.3 Å². The minimum atomic E-state index is 0.115. The monoisotopic (exact) mass is 331 g/mol. The van der Waals surface area contributed by atoms with E-state index in [1.165, 1.54) is 0 Å². The van der Waals surface area contributed by atoms with Gasteiger partial charge in [0, 0.05) is 28.8 Å². The molecule has 1 heterocycles. The molecule has 4 heteroatoms. The van der Waals surface area contributed by atoms with E-state index < -0.39 is 0 Å². The first-order valence-electron chi connectivity index (χ1n) is 5.40. The number of benzene rings is 1. The lowest BCUT2D eigenvalue weighted by atomic mass is 10.2. The number of nitrogens with zero attached hydrogens (tertiary/aromatic N) is 1. The lowest BCUT2D eigenvalue weighted by Crippen LogP contribution is -2.33. The molecule has 3 nitrogen and oxygen atoms in total. The van der Waals surface area contributed by atoms with Gasteiger partial charge in [-0.2, -0.15) is 0 Å². The highest BCUT2D eigenvalue weighted by Gasteiger charge is 2.17. The van der Waals surface area contributed by atoms with Gasteiger partial charge in [-0.3, -0.25) is 4.79 Å². The molecule has 1 aliphatic rings. The Hall–Kier alpha value is -0.620. The van der Waals surface area contributed by atoms with E-state index in [-0.39, 0.29) is 5.91 Å². The summed E-state index contributed by atoms with van der Waals surface area (Å²) in [4.78, 5) is 14.0. The van der Waals surface area contributed by atoms with Crippen LogP contribution < -0.4 is 0 Å². The van der Waals surface area contributed by atoms with Crippen molar-refractivity contribution < 1.29 is 9.53 Å². The minimum absolute atomic E-state index is 0.115. The van der Waals surface area contributed by atoms with E-state index in [2.05, 4.69) is 22.6 Å². The average molecular weight is 331 g/mol. The van der Waals surface area contributed by atoms with Crippen molar-refractivity contribution in [3.8, 4) is 0 Å². The molecule has 0 saturated carbocycles. The van der Waals surface area contributed by atoms with E-state index in [4.69, 9.17) is 4.74 Å². The molecule has 0 N–H and O–H groups in total. The first kappa shape index (κ1) is 11.9. The van der Waals surface area contributed by atoms with Gasteiger partial charge in [0.05, 0.1) is 6.61 Å². The Balaban J connectivity index is 2.11. The minimum Gasteiger partial charge on any atom is -0.380 e. The Labute approximate surface area is 109 Å². The molecule has 2 rings (SSSR count).